The molecular formula is C16H20N4O6. The van der Waals surface area contributed by atoms with Gasteiger partial charge in [-0.3, -0.25) is 24.0 Å². The van der Waals surface area contributed by atoms with Crippen molar-refractivity contribution >= 4 is 5.82 Å². The van der Waals surface area contributed by atoms with Crippen LogP contribution in [-0.4, -0.2) is 34.8 Å². The largest absolute Gasteiger partial charge is 0.497 e. The van der Waals surface area contributed by atoms with Crippen molar-refractivity contribution in [1.29, 1.82) is 0 Å². The first-order valence-electron chi connectivity index (χ1n) is 7.62. The van der Waals surface area contributed by atoms with E-state index >= 15 is 0 Å². The lowest BCUT2D eigenvalue weighted by Gasteiger charge is -2.20. The Morgan fingerprint density at radius 2 is 1.85 bits per heavy atom. The van der Waals surface area contributed by atoms with Crippen LogP contribution in [-0.2, 0) is 14.1 Å². The summed E-state index contributed by atoms with van der Waals surface area (Å²) < 4.78 is 12.4. The molecule has 26 heavy (non-hydrogen) atoms. The van der Waals surface area contributed by atoms with Crippen molar-refractivity contribution < 1.29 is 14.4 Å². The molecule has 140 valence electrons. The highest BCUT2D eigenvalue weighted by molar-refractivity contribution is 5.51. The molecule has 0 aliphatic heterocycles. The summed E-state index contributed by atoms with van der Waals surface area (Å²) in [6, 6.07) is 4.74. The van der Waals surface area contributed by atoms with Gasteiger partial charge in [-0.2, -0.15) is 0 Å². The molecule has 10 nitrogen and oxygen atoms in total. The fourth-order valence-electron chi connectivity index (χ4n) is 2.81. The molecule has 1 aromatic carbocycles. The Kier molecular flexibility index (Phi) is 5.34. The van der Waals surface area contributed by atoms with E-state index in [1.165, 1.54) is 28.3 Å². The van der Waals surface area contributed by atoms with Crippen molar-refractivity contribution in [3.05, 3.63) is 60.3 Å². The molecule has 0 saturated carbocycles. The third kappa shape index (κ3) is 3.25. The summed E-state index contributed by atoms with van der Waals surface area (Å²) in [4.78, 5) is 35.4. The predicted octanol–water partition coefficient (Wildman–Crippen LogP) is 0.0920. The van der Waals surface area contributed by atoms with Crippen molar-refractivity contribution in [3.63, 3.8) is 0 Å². The van der Waals surface area contributed by atoms with Gasteiger partial charge in [-0.05, 0) is 6.07 Å². The number of nitro groups is 1. The Morgan fingerprint density at radius 1 is 1.19 bits per heavy atom. The van der Waals surface area contributed by atoms with Crippen molar-refractivity contribution in [2.75, 3.05) is 26.5 Å². The maximum Gasteiger partial charge on any atom is 0.332 e. The normalized spacial score (nSPS) is 11.8. The van der Waals surface area contributed by atoms with E-state index in [0.717, 1.165) is 9.13 Å². The van der Waals surface area contributed by atoms with Crippen LogP contribution in [0.3, 0.4) is 0 Å². The highest BCUT2D eigenvalue weighted by atomic mass is 16.6. The van der Waals surface area contributed by atoms with Gasteiger partial charge in [0.15, 0.2) is 0 Å². The zero-order valence-corrected chi connectivity index (χ0v) is 14.9. The Balaban J connectivity index is 2.82. The summed E-state index contributed by atoms with van der Waals surface area (Å²) in [6.07, 6.45) is 0. The minimum Gasteiger partial charge on any atom is -0.497 e. The van der Waals surface area contributed by atoms with E-state index in [1.807, 2.05) is 0 Å². The second kappa shape index (κ2) is 7.30. The predicted molar refractivity (Wildman–Crippen MR) is 94.6 cm³/mol. The Morgan fingerprint density at radius 3 is 2.38 bits per heavy atom. The zero-order chi connectivity index (χ0) is 19.6. The smallest absolute Gasteiger partial charge is 0.332 e. The van der Waals surface area contributed by atoms with Gasteiger partial charge in [0.1, 0.15) is 17.3 Å². The van der Waals surface area contributed by atoms with Crippen molar-refractivity contribution in [2.45, 2.75) is 5.92 Å². The highest BCUT2D eigenvalue weighted by Gasteiger charge is 2.30. The minimum atomic E-state index is -1.00. The molecule has 2 N–H and O–H groups in total. The molecule has 0 aliphatic rings. The van der Waals surface area contributed by atoms with Gasteiger partial charge in [0.05, 0.1) is 25.7 Å². The Hall–Kier alpha value is -3.30. The third-order valence-electron chi connectivity index (χ3n) is 4.24. The lowest BCUT2D eigenvalue weighted by molar-refractivity contribution is -0.481. The van der Waals surface area contributed by atoms with Crippen LogP contribution in [0, 0.1) is 10.1 Å². The molecule has 0 aliphatic carbocycles. The van der Waals surface area contributed by atoms with Crippen LogP contribution in [0.2, 0.25) is 0 Å². The third-order valence-corrected chi connectivity index (χ3v) is 4.24. The van der Waals surface area contributed by atoms with E-state index in [4.69, 9.17) is 15.2 Å². The van der Waals surface area contributed by atoms with Crippen molar-refractivity contribution in [3.8, 4) is 11.5 Å². The lowest BCUT2D eigenvalue weighted by Crippen LogP contribution is -2.42. The van der Waals surface area contributed by atoms with Gasteiger partial charge in [-0.1, -0.05) is 6.07 Å². The molecule has 0 radical (unpaired) electrons. The molecule has 0 saturated heterocycles. The van der Waals surface area contributed by atoms with E-state index in [2.05, 4.69) is 0 Å². The van der Waals surface area contributed by atoms with Crippen LogP contribution >= 0.6 is 0 Å². The second-order valence-electron chi connectivity index (χ2n) is 5.68. The monoisotopic (exact) mass is 364 g/mol. The maximum absolute atomic E-state index is 12.7. The standard InChI is InChI=1S/C16H20N4O6/c1-18-14(17)13(15(21)19(2)16(18)22)11(8-20(23)24)10-6-5-9(25-3)7-12(10)26-4/h5-7,11H,8,17H2,1-4H3/t11-/m1/s1. The molecule has 1 heterocycles. The Labute approximate surface area is 148 Å². The molecule has 0 unspecified atom stereocenters. The van der Waals surface area contributed by atoms with Crippen LogP contribution in [0.1, 0.15) is 17.0 Å². The quantitative estimate of drug-likeness (QED) is 0.567. The highest BCUT2D eigenvalue weighted by Crippen LogP contribution is 2.35. The number of hydrogen-bond acceptors (Lipinski definition) is 7. The van der Waals surface area contributed by atoms with Crippen LogP contribution < -0.4 is 26.5 Å². The van der Waals surface area contributed by atoms with Crippen molar-refractivity contribution in [2.24, 2.45) is 14.1 Å². The maximum atomic E-state index is 12.7. The van der Waals surface area contributed by atoms with Gasteiger partial charge in [-0.25, -0.2) is 4.79 Å². The van der Waals surface area contributed by atoms with Gasteiger partial charge >= 0.3 is 5.69 Å². The first kappa shape index (κ1) is 19.0. The minimum absolute atomic E-state index is 0.0326. The number of anilines is 1. The molecule has 0 amide bonds. The number of ether oxygens (including phenoxy) is 2. The van der Waals surface area contributed by atoms with Gasteiger partial charge in [-0.15, -0.1) is 0 Å². The number of benzene rings is 1. The number of aromatic nitrogens is 2. The van der Waals surface area contributed by atoms with Gasteiger partial charge in [0.25, 0.3) is 5.56 Å². The van der Waals surface area contributed by atoms with E-state index in [9.17, 15) is 19.7 Å². The van der Waals surface area contributed by atoms with Crippen LogP contribution in [0.4, 0.5) is 5.82 Å². The summed E-state index contributed by atoms with van der Waals surface area (Å²) in [5.74, 6) is -0.322. The Bertz CT molecular complexity index is 962. The number of nitrogen functional groups attached to an aromatic ring is 1. The van der Waals surface area contributed by atoms with Crippen LogP contribution in [0.5, 0.6) is 11.5 Å². The topological polar surface area (TPSA) is 132 Å². The number of methoxy groups -OCH3 is 2. The summed E-state index contributed by atoms with van der Waals surface area (Å²) in [6.45, 7) is -0.597. The fraction of sp³-hybridized carbons (Fsp3) is 0.375. The van der Waals surface area contributed by atoms with E-state index < -0.39 is 28.6 Å². The van der Waals surface area contributed by atoms with E-state index in [0.29, 0.717) is 17.1 Å². The van der Waals surface area contributed by atoms with Crippen LogP contribution in [0.25, 0.3) is 0 Å². The average Bonchev–Trinajstić information content (AvgIpc) is 2.63. The SMILES string of the molecule is COc1ccc([C@@H](C[N+](=O)[O-])c2c(N)n(C)c(=O)n(C)c2=O)c(OC)c1. The molecule has 2 aromatic rings. The molecule has 10 heteroatoms. The summed E-state index contributed by atoms with van der Waals surface area (Å²) in [5, 5.41) is 11.3. The first-order valence-corrected chi connectivity index (χ1v) is 7.62. The molecule has 1 atom stereocenters. The van der Waals surface area contributed by atoms with Gasteiger partial charge in [0, 0.05) is 30.6 Å². The van der Waals surface area contributed by atoms with Crippen molar-refractivity contribution in [1.82, 2.24) is 9.13 Å². The number of rotatable bonds is 6. The molecular weight excluding hydrogens is 344 g/mol. The summed E-state index contributed by atoms with van der Waals surface area (Å²) in [7, 11) is 5.57. The average molecular weight is 364 g/mol. The molecule has 0 spiro atoms. The molecule has 0 fully saturated rings. The number of hydrogen-bond donors (Lipinski definition) is 1. The van der Waals surface area contributed by atoms with Crippen LogP contribution in [0.15, 0.2) is 27.8 Å². The molecule has 1 aromatic heterocycles. The number of nitrogens with zero attached hydrogens (tertiary/aromatic N) is 3. The summed E-state index contributed by atoms with van der Waals surface area (Å²) >= 11 is 0. The van der Waals surface area contributed by atoms with Gasteiger partial charge in [0.2, 0.25) is 6.54 Å². The second-order valence-corrected chi connectivity index (χ2v) is 5.68. The molecule has 2 rings (SSSR count). The fourth-order valence-corrected chi connectivity index (χ4v) is 2.81. The van der Waals surface area contributed by atoms with E-state index in [1.54, 1.807) is 18.2 Å². The number of nitrogens with two attached hydrogens (primary N) is 1. The van der Waals surface area contributed by atoms with E-state index in [-0.39, 0.29) is 11.4 Å². The molecule has 0 bridgehead atoms. The zero-order valence-electron chi connectivity index (χ0n) is 14.9. The first-order chi connectivity index (χ1) is 12.2. The van der Waals surface area contributed by atoms with Gasteiger partial charge < -0.3 is 15.2 Å². The lowest BCUT2D eigenvalue weighted by atomic mass is 9.91. The summed E-state index contributed by atoms with van der Waals surface area (Å²) in [5.41, 5.74) is 5.04.